The average molecular weight is 290 g/mol. The van der Waals surface area contributed by atoms with Crippen molar-refractivity contribution in [2.24, 2.45) is 5.92 Å². The minimum absolute atomic E-state index is 0.0742. The Morgan fingerprint density at radius 2 is 2.20 bits per heavy atom. The molecule has 20 heavy (non-hydrogen) atoms. The van der Waals surface area contributed by atoms with E-state index in [1.807, 2.05) is 11.3 Å². The quantitative estimate of drug-likeness (QED) is 0.908. The number of nitrogens with zero attached hydrogens (tertiary/aromatic N) is 1. The molecule has 108 valence electrons. The Kier molecular flexibility index (Phi) is 3.31. The molecule has 1 aliphatic carbocycles. The highest BCUT2D eigenvalue weighted by atomic mass is 32.1. The van der Waals surface area contributed by atoms with Crippen LogP contribution in [0.2, 0.25) is 0 Å². The molecule has 1 aromatic rings. The normalized spacial score (nSPS) is 30.1. The summed E-state index contributed by atoms with van der Waals surface area (Å²) in [7, 11) is 0. The second-order valence-corrected chi connectivity index (χ2v) is 7.37. The summed E-state index contributed by atoms with van der Waals surface area (Å²) in [4.78, 5) is 16.6. The van der Waals surface area contributed by atoms with Crippen LogP contribution in [0, 0.1) is 5.92 Å². The lowest BCUT2D eigenvalue weighted by Gasteiger charge is -2.39. The summed E-state index contributed by atoms with van der Waals surface area (Å²) in [5.41, 5.74) is 1.45. The predicted molar refractivity (Wildman–Crippen MR) is 80.8 cm³/mol. The van der Waals surface area contributed by atoms with E-state index in [4.69, 9.17) is 0 Å². The van der Waals surface area contributed by atoms with Gasteiger partial charge in [0.2, 0.25) is 5.91 Å². The molecule has 1 N–H and O–H groups in total. The van der Waals surface area contributed by atoms with E-state index in [2.05, 4.69) is 21.7 Å². The molecular formula is C16H22N2OS. The Hall–Kier alpha value is -0.870. The molecule has 3 aliphatic rings. The Bertz CT molecular complexity index is 502. The van der Waals surface area contributed by atoms with Crippen molar-refractivity contribution in [1.82, 2.24) is 10.2 Å². The molecule has 3 nitrogen and oxygen atoms in total. The molecule has 0 bridgehead atoms. The number of hydrogen-bond acceptors (Lipinski definition) is 3. The maximum Gasteiger partial charge on any atom is 0.240 e. The highest BCUT2D eigenvalue weighted by Gasteiger charge is 2.43. The molecule has 3 heterocycles. The van der Waals surface area contributed by atoms with Crippen LogP contribution in [0.25, 0.3) is 0 Å². The van der Waals surface area contributed by atoms with Crippen LogP contribution in [0.15, 0.2) is 11.4 Å². The molecule has 4 rings (SSSR count). The van der Waals surface area contributed by atoms with Crippen molar-refractivity contribution in [3.8, 4) is 0 Å². The maximum atomic E-state index is 12.9. The molecule has 2 fully saturated rings. The van der Waals surface area contributed by atoms with Gasteiger partial charge < -0.3 is 10.2 Å². The van der Waals surface area contributed by atoms with E-state index in [-0.39, 0.29) is 6.04 Å². The van der Waals surface area contributed by atoms with Gasteiger partial charge in [-0.05, 0) is 61.6 Å². The van der Waals surface area contributed by atoms with Gasteiger partial charge in [0.05, 0.1) is 12.1 Å². The van der Waals surface area contributed by atoms with Gasteiger partial charge in [-0.1, -0.05) is 6.42 Å². The van der Waals surface area contributed by atoms with Gasteiger partial charge in [-0.15, -0.1) is 11.3 Å². The van der Waals surface area contributed by atoms with Gasteiger partial charge in [-0.2, -0.15) is 0 Å². The Morgan fingerprint density at radius 3 is 2.95 bits per heavy atom. The first-order valence-corrected chi connectivity index (χ1v) is 8.82. The summed E-state index contributed by atoms with van der Waals surface area (Å²) < 4.78 is 0. The summed E-state index contributed by atoms with van der Waals surface area (Å²) in [5.74, 6) is 1.08. The minimum atomic E-state index is 0.0742. The summed E-state index contributed by atoms with van der Waals surface area (Å²) >= 11 is 1.87. The van der Waals surface area contributed by atoms with Crippen LogP contribution < -0.4 is 5.32 Å². The van der Waals surface area contributed by atoms with Gasteiger partial charge in [0, 0.05) is 11.4 Å². The van der Waals surface area contributed by atoms with Crippen molar-refractivity contribution in [2.75, 3.05) is 13.1 Å². The number of hydrogen-bond donors (Lipinski definition) is 1. The van der Waals surface area contributed by atoms with Crippen LogP contribution >= 0.6 is 11.3 Å². The summed E-state index contributed by atoms with van der Waals surface area (Å²) in [6.07, 6.45) is 7.06. The lowest BCUT2D eigenvalue weighted by atomic mass is 9.94. The van der Waals surface area contributed by atoms with E-state index in [9.17, 15) is 4.79 Å². The monoisotopic (exact) mass is 290 g/mol. The largest absolute Gasteiger partial charge is 0.334 e. The first-order chi connectivity index (χ1) is 9.84. The number of piperidine rings is 1. The number of nitrogens with one attached hydrogen (secondary N) is 1. The number of fused-ring (bicyclic) bond motifs is 1. The van der Waals surface area contributed by atoms with Crippen LogP contribution in [-0.4, -0.2) is 29.9 Å². The van der Waals surface area contributed by atoms with E-state index >= 15 is 0 Å². The molecule has 2 atom stereocenters. The van der Waals surface area contributed by atoms with Crippen LogP contribution in [0.4, 0.5) is 0 Å². The van der Waals surface area contributed by atoms with Crippen LogP contribution in [0.3, 0.4) is 0 Å². The Labute approximate surface area is 124 Å². The van der Waals surface area contributed by atoms with Gasteiger partial charge in [0.15, 0.2) is 0 Å². The number of amides is 1. The molecular weight excluding hydrogens is 268 g/mol. The minimum Gasteiger partial charge on any atom is -0.334 e. The Balaban J connectivity index is 1.59. The van der Waals surface area contributed by atoms with Gasteiger partial charge in [-0.25, -0.2) is 0 Å². The standard InChI is InChI=1S/C16H22N2OS/c19-16(13-3-1-2-8-17-13)18-9-6-14-12(7-10-20-14)15(18)11-4-5-11/h7,10-11,13,15,17H,1-6,8-9H2/t13-,15?/m0/s1. The fraction of sp³-hybridized carbons (Fsp3) is 0.688. The van der Waals surface area contributed by atoms with Crippen molar-refractivity contribution >= 4 is 17.2 Å². The third-order valence-electron chi connectivity index (χ3n) is 4.97. The molecule has 1 aromatic heterocycles. The van der Waals surface area contributed by atoms with E-state index in [1.165, 1.54) is 36.1 Å². The molecule has 1 unspecified atom stereocenters. The summed E-state index contributed by atoms with van der Waals surface area (Å²) in [6, 6.07) is 2.71. The molecule has 0 spiro atoms. The van der Waals surface area contributed by atoms with Crippen molar-refractivity contribution < 1.29 is 4.79 Å². The molecule has 1 saturated heterocycles. The van der Waals surface area contributed by atoms with Crippen molar-refractivity contribution in [2.45, 2.75) is 50.6 Å². The smallest absolute Gasteiger partial charge is 0.240 e. The maximum absolute atomic E-state index is 12.9. The van der Waals surface area contributed by atoms with E-state index in [0.717, 1.165) is 31.8 Å². The first-order valence-electron chi connectivity index (χ1n) is 7.95. The zero-order valence-electron chi connectivity index (χ0n) is 11.8. The predicted octanol–water partition coefficient (Wildman–Crippen LogP) is 2.73. The fourth-order valence-electron chi connectivity index (χ4n) is 3.78. The molecule has 4 heteroatoms. The van der Waals surface area contributed by atoms with Gasteiger partial charge in [0.1, 0.15) is 0 Å². The SMILES string of the molecule is O=C([C@@H]1CCCCN1)N1CCc2sccc2C1C1CC1. The number of carbonyl (C=O) groups excluding carboxylic acids is 1. The molecule has 1 amide bonds. The highest BCUT2D eigenvalue weighted by Crippen LogP contribution is 2.48. The fourth-order valence-corrected chi connectivity index (χ4v) is 4.69. The first kappa shape index (κ1) is 12.8. The third-order valence-corrected chi connectivity index (χ3v) is 5.97. The molecule has 0 radical (unpaired) electrons. The van der Waals surface area contributed by atoms with Crippen LogP contribution in [0.5, 0.6) is 0 Å². The average Bonchev–Trinajstić information content (AvgIpc) is 3.23. The Morgan fingerprint density at radius 1 is 1.30 bits per heavy atom. The number of carbonyl (C=O) groups is 1. The summed E-state index contributed by atoms with van der Waals surface area (Å²) in [6.45, 7) is 1.92. The van der Waals surface area contributed by atoms with Crippen molar-refractivity contribution in [3.63, 3.8) is 0 Å². The van der Waals surface area contributed by atoms with E-state index in [1.54, 1.807) is 0 Å². The lowest BCUT2D eigenvalue weighted by molar-refractivity contribution is -0.137. The number of thiophene rings is 1. The zero-order valence-corrected chi connectivity index (χ0v) is 12.6. The van der Waals surface area contributed by atoms with Crippen LogP contribution in [-0.2, 0) is 11.2 Å². The number of rotatable bonds is 2. The third kappa shape index (κ3) is 2.19. The second-order valence-electron chi connectivity index (χ2n) is 6.37. The highest BCUT2D eigenvalue weighted by molar-refractivity contribution is 7.10. The molecule has 0 aromatic carbocycles. The van der Waals surface area contributed by atoms with E-state index in [0.29, 0.717) is 11.9 Å². The van der Waals surface area contributed by atoms with Crippen LogP contribution in [0.1, 0.15) is 48.6 Å². The second kappa shape index (κ2) is 5.15. The van der Waals surface area contributed by atoms with Crippen molar-refractivity contribution in [1.29, 1.82) is 0 Å². The van der Waals surface area contributed by atoms with Crippen molar-refractivity contribution in [3.05, 3.63) is 21.9 Å². The van der Waals surface area contributed by atoms with E-state index < -0.39 is 0 Å². The molecule has 2 aliphatic heterocycles. The zero-order chi connectivity index (χ0) is 13.5. The summed E-state index contributed by atoms with van der Waals surface area (Å²) in [5, 5.41) is 5.63. The molecule has 1 saturated carbocycles. The lowest BCUT2D eigenvalue weighted by Crippen LogP contribution is -2.51. The van der Waals surface area contributed by atoms with Gasteiger partial charge >= 0.3 is 0 Å². The topological polar surface area (TPSA) is 32.3 Å². The van der Waals surface area contributed by atoms with Gasteiger partial charge in [-0.3, -0.25) is 4.79 Å². The van der Waals surface area contributed by atoms with Gasteiger partial charge in [0.25, 0.3) is 0 Å².